The molecule has 4 aromatic carbocycles. The molecule has 1 aromatic heterocycles. The first kappa shape index (κ1) is 30.6. The number of aryl methyl sites for hydroxylation is 2. The van der Waals surface area contributed by atoms with Crippen LogP contribution in [0.1, 0.15) is 93.0 Å². The van der Waals surface area contributed by atoms with Crippen molar-refractivity contribution >= 4 is 11.8 Å². The molecule has 0 aliphatic carbocycles. The van der Waals surface area contributed by atoms with Crippen molar-refractivity contribution in [1.82, 2.24) is 4.98 Å². The van der Waals surface area contributed by atoms with E-state index in [0.29, 0.717) is 0 Å². The standard InChI is InChI=1S/C43H46N2/c1-28-9-13-32(14-10-28)38-25-36(30-17-21-34(22-18-30)42(3,4)5)40(44-38)27-41-37(31-19-23-35(24-20-31)43(6,7)8)26-39(45-41)33-15-11-29(2)12-16-33/h9-25,27,37,44H,26H2,1-8H3/b41-27-. The Kier molecular flexibility index (Phi) is 8.04. The van der Waals surface area contributed by atoms with Gasteiger partial charge in [0.2, 0.25) is 0 Å². The van der Waals surface area contributed by atoms with E-state index in [9.17, 15) is 0 Å². The predicted molar refractivity (Wildman–Crippen MR) is 193 cm³/mol. The Morgan fingerprint density at radius 1 is 0.622 bits per heavy atom. The lowest BCUT2D eigenvalue weighted by Gasteiger charge is -2.20. The van der Waals surface area contributed by atoms with Crippen molar-refractivity contribution in [2.45, 2.75) is 78.6 Å². The second kappa shape index (κ2) is 11.8. The van der Waals surface area contributed by atoms with E-state index in [4.69, 9.17) is 4.99 Å². The fourth-order valence-electron chi connectivity index (χ4n) is 6.15. The number of hydrogen-bond acceptors (Lipinski definition) is 1. The molecule has 1 atom stereocenters. The maximum Gasteiger partial charge on any atom is 0.0506 e. The van der Waals surface area contributed by atoms with Gasteiger partial charge in [0.05, 0.1) is 5.70 Å². The second-order valence-corrected chi connectivity index (χ2v) is 14.8. The summed E-state index contributed by atoms with van der Waals surface area (Å²) in [7, 11) is 0. The molecular formula is C43H46N2. The molecule has 0 bridgehead atoms. The fourth-order valence-corrected chi connectivity index (χ4v) is 6.15. The molecule has 2 heterocycles. The average Bonchev–Trinajstić information content (AvgIpc) is 3.62. The average molecular weight is 591 g/mol. The summed E-state index contributed by atoms with van der Waals surface area (Å²) in [5, 5.41) is 0. The van der Waals surface area contributed by atoms with Gasteiger partial charge in [-0.05, 0) is 70.2 Å². The summed E-state index contributed by atoms with van der Waals surface area (Å²) in [4.78, 5) is 9.15. The predicted octanol–water partition coefficient (Wildman–Crippen LogP) is 11.6. The molecule has 2 heteroatoms. The highest BCUT2D eigenvalue weighted by Gasteiger charge is 2.28. The molecule has 2 nitrogen and oxygen atoms in total. The number of allylic oxidation sites excluding steroid dienone is 1. The molecular weight excluding hydrogens is 544 g/mol. The Morgan fingerprint density at radius 2 is 1.11 bits per heavy atom. The summed E-state index contributed by atoms with van der Waals surface area (Å²) in [6, 6.07) is 38.1. The van der Waals surface area contributed by atoms with Gasteiger partial charge >= 0.3 is 0 Å². The van der Waals surface area contributed by atoms with Crippen LogP contribution in [0.4, 0.5) is 0 Å². The highest BCUT2D eigenvalue weighted by Crippen LogP contribution is 2.40. The van der Waals surface area contributed by atoms with E-state index >= 15 is 0 Å². The van der Waals surface area contributed by atoms with E-state index < -0.39 is 0 Å². The Morgan fingerprint density at radius 3 is 1.64 bits per heavy atom. The van der Waals surface area contributed by atoms with E-state index in [1.807, 2.05) is 0 Å². The Labute approximate surface area is 270 Å². The van der Waals surface area contributed by atoms with Crippen LogP contribution in [0.15, 0.2) is 114 Å². The third-order valence-corrected chi connectivity index (χ3v) is 9.15. The van der Waals surface area contributed by atoms with Gasteiger partial charge in [0.1, 0.15) is 0 Å². The van der Waals surface area contributed by atoms with Gasteiger partial charge in [-0.1, -0.05) is 150 Å². The zero-order valence-corrected chi connectivity index (χ0v) is 28.1. The quantitative estimate of drug-likeness (QED) is 0.211. The molecule has 0 saturated heterocycles. The first-order valence-electron chi connectivity index (χ1n) is 16.2. The number of rotatable bonds is 5. The van der Waals surface area contributed by atoms with Crippen LogP contribution in [-0.4, -0.2) is 10.7 Å². The summed E-state index contributed by atoms with van der Waals surface area (Å²) in [6.07, 6.45) is 3.18. The molecule has 1 aliphatic rings. The lowest BCUT2D eigenvalue weighted by molar-refractivity contribution is 0.589. The van der Waals surface area contributed by atoms with Gasteiger partial charge < -0.3 is 4.98 Å². The van der Waals surface area contributed by atoms with Crippen molar-refractivity contribution in [1.29, 1.82) is 0 Å². The zero-order valence-electron chi connectivity index (χ0n) is 28.1. The highest BCUT2D eigenvalue weighted by molar-refractivity contribution is 6.04. The SMILES string of the molecule is Cc1ccc(C2=N/C(=C\c3[nH]c(-c4ccc(C)cc4)cc3-c3ccc(C(C)(C)C)cc3)C(c3ccc(C(C)(C)C)cc3)C2)cc1. The Bertz CT molecular complexity index is 1850. The van der Waals surface area contributed by atoms with Crippen LogP contribution < -0.4 is 0 Å². The number of H-pyrrole nitrogens is 1. The number of benzene rings is 4. The van der Waals surface area contributed by atoms with E-state index in [2.05, 4.69) is 170 Å². The third-order valence-electron chi connectivity index (χ3n) is 9.15. The maximum absolute atomic E-state index is 5.34. The van der Waals surface area contributed by atoms with Gasteiger partial charge in [-0.15, -0.1) is 0 Å². The van der Waals surface area contributed by atoms with E-state index in [-0.39, 0.29) is 16.7 Å². The molecule has 5 aromatic rings. The molecule has 1 aliphatic heterocycles. The van der Waals surface area contributed by atoms with Crippen molar-refractivity contribution < 1.29 is 0 Å². The Hall–Kier alpha value is -4.43. The molecule has 228 valence electrons. The van der Waals surface area contributed by atoms with E-state index in [1.54, 1.807) is 0 Å². The first-order chi connectivity index (χ1) is 21.3. The molecule has 6 rings (SSSR count). The number of nitrogens with one attached hydrogen (secondary N) is 1. The van der Waals surface area contributed by atoms with Crippen molar-refractivity contribution in [3.63, 3.8) is 0 Å². The highest BCUT2D eigenvalue weighted by atomic mass is 14.8. The summed E-state index contributed by atoms with van der Waals surface area (Å²) >= 11 is 0. The molecule has 1 unspecified atom stereocenters. The summed E-state index contributed by atoms with van der Waals surface area (Å²) in [6.45, 7) is 17.9. The first-order valence-corrected chi connectivity index (χ1v) is 16.2. The topological polar surface area (TPSA) is 28.1 Å². The molecule has 0 fully saturated rings. The molecule has 0 saturated carbocycles. The summed E-state index contributed by atoms with van der Waals surface area (Å²) in [5.74, 6) is 0.178. The molecule has 0 spiro atoms. The minimum Gasteiger partial charge on any atom is -0.354 e. The largest absolute Gasteiger partial charge is 0.354 e. The van der Waals surface area contributed by atoms with Crippen molar-refractivity contribution in [2.75, 3.05) is 0 Å². The van der Waals surface area contributed by atoms with Crippen molar-refractivity contribution in [3.8, 4) is 22.4 Å². The molecule has 45 heavy (non-hydrogen) atoms. The van der Waals surface area contributed by atoms with Crippen LogP contribution in [0, 0.1) is 13.8 Å². The number of aromatic amines is 1. The fraction of sp³-hybridized carbons (Fsp3) is 0.279. The minimum absolute atomic E-state index is 0.106. The maximum atomic E-state index is 5.34. The number of nitrogens with zero attached hydrogens (tertiary/aromatic N) is 1. The minimum atomic E-state index is 0.106. The number of aromatic nitrogens is 1. The van der Waals surface area contributed by atoms with Crippen LogP contribution in [-0.2, 0) is 10.8 Å². The van der Waals surface area contributed by atoms with E-state index in [1.165, 1.54) is 50.1 Å². The van der Waals surface area contributed by atoms with Gasteiger partial charge in [0.15, 0.2) is 0 Å². The van der Waals surface area contributed by atoms with Gasteiger partial charge in [-0.3, -0.25) is 4.99 Å². The van der Waals surface area contributed by atoms with Crippen molar-refractivity contribution in [3.05, 3.63) is 148 Å². The third kappa shape index (κ3) is 6.66. The second-order valence-electron chi connectivity index (χ2n) is 14.8. The number of hydrogen-bond donors (Lipinski definition) is 1. The van der Waals surface area contributed by atoms with Crippen molar-refractivity contribution in [2.24, 2.45) is 4.99 Å². The normalized spacial score (nSPS) is 16.3. The summed E-state index contributed by atoms with van der Waals surface area (Å²) < 4.78 is 0. The number of aliphatic imine (C=N–C) groups is 1. The lowest BCUT2D eigenvalue weighted by atomic mass is 9.84. The van der Waals surface area contributed by atoms with Crippen LogP contribution >= 0.6 is 0 Å². The van der Waals surface area contributed by atoms with Crippen LogP contribution in [0.5, 0.6) is 0 Å². The zero-order chi connectivity index (χ0) is 31.9. The van der Waals surface area contributed by atoms with Crippen LogP contribution in [0.25, 0.3) is 28.5 Å². The summed E-state index contributed by atoms with van der Waals surface area (Å²) in [5.41, 5.74) is 16.0. The monoisotopic (exact) mass is 590 g/mol. The molecule has 0 radical (unpaired) electrons. The molecule has 1 N–H and O–H groups in total. The van der Waals surface area contributed by atoms with E-state index in [0.717, 1.165) is 29.2 Å². The van der Waals surface area contributed by atoms with Crippen LogP contribution in [0.3, 0.4) is 0 Å². The van der Waals surface area contributed by atoms with Gasteiger partial charge in [0.25, 0.3) is 0 Å². The van der Waals surface area contributed by atoms with Gasteiger partial charge in [0, 0.05) is 35.0 Å². The smallest absolute Gasteiger partial charge is 0.0506 e. The Balaban J connectivity index is 1.48. The van der Waals surface area contributed by atoms with Gasteiger partial charge in [-0.2, -0.15) is 0 Å². The lowest BCUT2D eigenvalue weighted by Crippen LogP contribution is -2.11. The van der Waals surface area contributed by atoms with Gasteiger partial charge in [-0.25, -0.2) is 0 Å². The van der Waals surface area contributed by atoms with Crippen LogP contribution in [0.2, 0.25) is 0 Å². The molecule has 0 amide bonds.